The van der Waals surface area contributed by atoms with Crippen LogP contribution in [0.2, 0.25) is 0 Å². The van der Waals surface area contributed by atoms with Gasteiger partial charge in [-0.3, -0.25) is 19.7 Å². The number of anilines is 1. The van der Waals surface area contributed by atoms with Crippen LogP contribution in [0.5, 0.6) is 0 Å². The summed E-state index contributed by atoms with van der Waals surface area (Å²) in [6.07, 6.45) is -1.10. The maximum atomic E-state index is 13.3. The third-order valence-electron chi connectivity index (χ3n) is 3.56. The SMILES string of the molecule is Cc1ccc(CC(=O)O[C@@H](C)C(=O)Nc2ccc(F)c([N+](=O)[O-])c2)cc1. The van der Waals surface area contributed by atoms with Crippen LogP contribution in [0.3, 0.4) is 0 Å². The Kier molecular flexibility index (Phi) is 6.00. The number of esters is 1. The molecule has 2 rings (SSSR count). The van der Waals surface area contributed by atoms with Gasteiger partial charge < -0.3 is 10.1 Å². The summed E-state index contributed by atoms with van der Waals surface area (Å²) in [7, 11) is 0. The summed E-state index contributed by atoms with van der Waals surface area (Å²) in [4.78, 5) is 33.8. The Morgan fingerprint density at radius 3 is 2.50 bits per heavy atom. The van der Waals surface area contributed by atoms with E-state index in [-0.39, 0.29) is 12.1 Å². The predicted octanol–water partition coefficient (Wildman–Crippen LogP) is 3.16. The Morgan fingerprint density at radius 1 is 1.23 bits per heavy atom. The minimum Gasteiger partial charge on any atom is -0.452 e. The molecule has 0 unspecified atom stereocenters. The Balaban J connectivity index is 1.94. The summed E-state index contributed by atoms with van der Waals surface area (Å²) >= 11 is 0. The molecule has 0 heterocycles. The Morgan fingerprint density at radius 2 is 1.88 bits per heavy atom. The zero-order valence-corrected chi connectivity index (χ0v) is 14.2. The van der Waals surface area contributed by atoms with Gasteiger partial charge >= 0.3 is 11.7 Å². The van der Waals surface area contributed by atoms with E-state index in [4.69, 9.17) is 4.74 Å². The van der Waals surface area contributed by atoms with E-state index in [1.807, 2.05) is 19.1 Å². The summed E-state index contributed by atoms with van der Waals surface area (Å²) in [5.41, 5.74) is 1.09. The summed E-state index contributed by atoms with van der Waals surface area (Å²) in [6.45, 7) is 3.30. The van der Waals surface area contributed by atoms with Gasteiger partial charge in [-0.05, 0) is 31.5 Å². The molecule has 136 valence electrons. The zero-order valence-electron chi connectivity index (χ0n) is 14.2. The maximum absolute atomic E-state index is 13.3. The lowest BCUT2D eigenvalue weighted by molar-refractivity contribution is -0.387. The van der Waals surface area contributed by atoms with E-state index in [1.54, 1.807) is 12.1 Å². The van der Waals surface area contributed by atoms with Gasteiger partial charge in [-0.15, -0.1) is 0 Å². The highest BCUT2D eigenvalue weighted by Gasteiger charge is 2.20. The molecule has 7 nitrogen and oxygen atoms in total. The molecule has 0 radical (unpaired) electrons. The highest BCUT2D eigenvalue weighted by atomic mass is 19.1. The van der Waals surface area contributed by atoms with Crippen LogP contribution >= 0.6 is 0 Å². The van der Waals surface area contributed by atoms with Crippen molar-refractivity contribution in [3.63, 3.8) is 0 Å². The van der Waals surface area contributed by atoms with Gasteiger partial charge in [0, 0.05) is 11.8 Å². The van der Waals surface area contributed by atoms with Crippen molar-refractivity contribution in [2.75, 3.05) is 5.32 Å². The van der Waals surface area contributed by atoms with Crippen LogP contribution in [0.15, 0.2) is 42.5 Å². The summed E-state index contributed by atoms with van der Waals surface area (Å²) < 4.78 is 18.4. The van der Waals surface area contributed by atoms with E-state index < -0.39 is 34.4 Å². The molecular formula is C18H17FN2O5. The number of hydrogen-bond donors (Lipinski definition) is 1. The second kappa shape index (κ2) is 8.19. The van der Waals surface area contributed by atoms with Crippen molar-refractivity contribution in [1.82, 2.24) is 0 Å². The molecule has 0 bridgehead atoms. The minimum atomic E-state index is -1.11. The fourth-order valence-corrected chi connectivity index (χ4v) is 2.14. The molecule has 2 aromatic rings. The Labute approximate surface area is 148 Å². The van der Waals surface area contributed by atoms with Crippen LogP contribution in [-0.4, -0.2) is 22.9 Å². The summed E-state index contributed by atoms with van der Waals surface area (Å²) in [5.74, 6) is -2.27. The van der Waals surface area contributed by atoms with Gasteiger partial charge in [0.1, 0.15) is 0 Å². The molecule has 0 saturated heterocycles. The molecule has 0 aliphatic heterocycles. The largest absolute Gasteiger partial charge is 0.452 e. The highest BCUT2D eigenvalue weighted by Crippen LogP contribution is 2.21. The van der Waals surface area contributed by atoms with Gasteiger partial charge in [-0.2, -0.15) is 4.39 Å². The fraction of sp³-hybridized carbons (Fsp3) is 0.222. The first-order valence-corrected chi connectivity index (χ1v) is 7.76. The van der Waals surface area contributed by atoms with Crippen molar-refractivity contribution in [3.8, 4) is 0 Å². The van der Waals surface area contributed by atoms with Crippen molar-refractivity contribution < 1.29 is 23.6 Å². The first kappa shape index (κ1) is 19.0. The van der Waals surface area contributed by atoms with E-state index >= 15 is 0 Å². The molecule has 26 heavy (non-hydrogen) atoms. The third-order valence-corrected chi connectivity index (χ3v) is 3.56. The number of nitro groups is 1. The number of nitrogens with zero attached hydrogens (tertiary/aromatic N) is 1. The standard InChI is InChI=1S/C18H17FN2O5/c1-11-3-5-13(6-4-11)9-17(22)26-12(2)18(23)20-14-7-8-15(19)16(10-14)21(24)25/h3-8,10,12H,9H2,1-2H3,(H,20,23)/t12-/m0/s1. The zero-order chi connectivity index (χ0) is 19.3. The van der Waals surface area contributed by atoms with Gasteiger partial charge in [0.15, 0.2) is 6.10 Å². The number of carbonyl (C=O) groups excluding carboxylic acids is 2. The minimum absolute atomic E-state index is 0.0138. The van der Waals surface area contributed by atoms with E-state index in [2.05, 4.69) is 5.32 Å². The van der Waals surface area contributed by atoms with E-state index in [9.17, 15) is 24.1 Å². The first-order chi connectivity index (χ1) is 12.3. The van der Waals surface area contributed by atoms with Crippen molar-refractivity contribution in [1.29, 1.82) is 0 Å². The topological polar surface area (TPSA) is 98.5 Å². The molecule has 0 saturated carbocycles. The second-order valence-corrected chi connectivity index (χ2v) is 5.71. The van der Waals surface area contributed by atoms with Crippen LogP contribution in [0.4, 0.5) is 15.8 Å². The molecule has 0 aliphatic carbocycles. The van der Waals surface area contributed by atoms with Crippen LogP contribution in [-0.2, 0) is 20.7 Å². The number of halogens is 1. The molecule has 8 heteroatoms. The van der Waals surface area contributed by atoms with Crippen molar-refractivity contribution in [2.24, 2.45) is 0 Å². The fourth-order valence-electron chi connectivity index (χ4n) is 2.14. The number of carbonyl (C=O) groups is 2. The Bertz CT molecular complexity index is 836. The predicted molar refractivity (Wildman–Crippen MR) is 92.1 cm³/mol. The van der Waals surface area contributed by atoms with Gasteiger partial charge in [-0.25, -0.2) is 0 Å². The van der Waals surface area contributed by atoms with Gasteiger partial charge in [0.05, 0.1) is 11.3 Å². The number of rotatable bonds is 6. The summed E-state index contributed by atoms with van der Waals surface area (Å²) in [5, 5.41) is 13.1. The number of hydrogen-bond acceptors (Lipinski definition) is 5. The Hall–Kier alpha value is -3.29. The molecule has 0 aromatic heterocycles. The number of aryl methyl sites for hydroxylation is 1. The van der Waals surface area contributed by atoms with Crippen molar-refractivity contribution in [3.05, 3.63) is 69.5 Å². The number of ether oxygens (including phenoxy) is 1. The number of amides is 1. The van der Waals surface area contributed by atoms with Gasteiger partial charge in [-0.1, -0.05) is 29.8 Å². The van der Waals surface area contributed by atoms with Crippen LogP contribution in [0, 0.1) is 22.9 Å². The van der Waals surface area contributed by atoms with Gasteiger partial charge in [0.25, 0.3) is 5.91 Å². The normalized spacial score (nSPS) is 11.5. The van der Waals surface area contributed by atoms with E-state index in [0.29, 0.717) is 0 Å². The highest BCUT2D eigenvalue weighted by molar-refractivity contribution is 5.95. The lowest BCUT2D eigenvalue weighted by Crippen LogP contribution is -2.30. The van der Waals surface area contributed by atoms with Gasteiger partial charge in [0.2, 0.25) is 5.82 Å². The monoisotopic (exact) mass is 360 g/mol. The van der Waals surface area contributed by atoms with Crippen LogP contribution in [0.25, 0.3) is 0 Å². The van der Waals surface area contributed by atoms with Crippen molar-refractivity contribution in [2.45, 2.75) is 26.4 Å². The summed E-state index contributed by atoms with van der Waals surface area (Å²) in [6, 6.07) is 10.3. The van der Waals surface area contributed by atoms with Crippen molar-refractivity contribution >= 4 is 23.3 Å². The number of nitrogens with one attached hydrogen (secondary N) is 1. The lowest BCUT2D eigenvalue weighted by atomic mass is 10.1. The molecular weight excluding hydrogens is 343 g/mol. The molecule has 2 aromatic carbocycles. The maximum Gasteiger partial charge on any atom is 0.311 e. The van der Waals surface area contributed by atoms with Crippen LogP contribution < -0.4 is 5.32 Å². The number of benzene rings is 2. The lowest BCUT2D eigenvalue weighted by Gasteiger charge is -2.13. The van der Waals surface area contributed by atoms with E-state index in [0.717, 1.165) is 23.3 Å². The average Bonchev–Trinajstić information content (AvgIpc) is 2.58. The molecule has 1 atom stereocenters. The molecule has 1 N–H and O–H groups in total. The third kappa shape index (κ3) is 5.10. The molecule has 0 aliphatic rings. The van der Waals surface area contributed by atoms with E-state index in [1.165, 1.54) is 13.0 Å². The second-order valence-electron chi connectivity index (χ2n) is 5.71. The first-order valence-electron chi connectivity index (χ1n) is 7.76. The molecule has 0 fully saturated rings. The average molecular weight is 360 g/mol. The quantitative estimate of drug-likeness (QED) is 0.485. The molecule has 0 spiro atoms. The number of nitro benzene ring substituents is 1. The molecule has 1 amide bonds. The smallest absolute Gasteiger partial charge is 0.311 e. The van der Waals surface area contributed by atoms with Crippen LogP contribution in [0.1, 0.15) is 18.1 Å².